The lowest BCUT2D eigenvalue weighted by Crippen LogP contribution is -2.54. The van der Waals surface area contributed by atoms with Gasteiger partial charge in [-0.1, -0.05) is 5.16 Å². The van der Waals surface area contributed by atoms with Crippen molar-refractivity contribution in [2.75, 3.05) is 6.54 Å². The van der Waals surface area contributed by atoms with E-state index in [9.17, 15) is 27.6 Å². The van der Waals surface area contributed by atoms with Crippen molar-refractivity contribution in [3.05, 3.63) is 17.5 Å². The molecule has 7 nitrogen and oxygen atoms in total. The van der Waals surface area contributed by atoms with E-state index < -0.39 is 35.2 Å². The minimum absolute atomic E-state index is 0.0648. The molecule has 1 heterocycles. The van der Waals surface area contributed by atoms with Crippen LogP contribution in [0.2, 0.25) is 0 Å². The van der Waals surface area contributed by atoms with Gasteiger partial charge in [0.1, 0.15) is 11.5 Å². The molecule has 0 radical (unpaired) electrons. The Morgan fingerprint density at radius 1 is 1.30 bits per heavy atom. The molecular weight excluding hydrogens is 403 g/mol. The van der Waals surface area contributed by atoms with Gasteiger partial charge in [0.2, 0.25) is 11.7 Å². The Morgan fingerprint density at radius 2 is 2.03 bits per heavy atom. The number of ketones is 2. The van der Waals surface area contributed by atoms with Crippen LogP contribution in [0.25, 0.3) is 0 Å². The molecule has 2 N–H and O–H groups in total. The van der Waals surface area contributed by atoms with E-state index in [4.69, 9.17) is 0 Å². The minimum Gasteiger partial charge on any atom is -0.351 e. The highest BCUT2D eigenvalue weighted by atomic mass is 19.4. The predicted molar refractivity (Wildman–Crippen MR) is 96.8 cm³/mol. The van der Waals surface area contributed by atoms with Gasteiger partial charge in [0.25, 0.3) is 0 Å². The molecule has 1 aromatic heterocycles. The van der Waals surface area contributed by atoms with Crippen LogP contribution >= 0.6 is 0 Å². The summed E-state index contributed by atoms with van der Waals surface area (Å²) in [4.78, 5) is 36.9. The lowest BCUT2D eigenvalue weighted by Gasteiger charge is -2.63. The van der Waals surface area contributed by atoms with E-state index in [0.717, 1.165) is 32.1 Å². The summed E-state index contributed by atoms with van der Waals surface area (Å²) >= 11 is 0. The average Bonchev–Trinajstić information content (AvgIpc) is 3.25. The van der Waals surface area contributed by atoms with E-state index in [0.29, 0.717) is 31.4 Å². The maximum absolute atomic E-state index is 12.7. The number of hydrazine groups is 1. The molecule has 0 spiro atoms. The summed E-state index contributed by atoms with van der Waals surface area (Å²) in [7, 11) is 0. The first-order valence-electron chi connectivity index (χ1n) is 10.3. The van der Waals surface area contributed by atoms with E-state index in [2.05, 4.69) is 20.5 Å². The van der Waals surface area contributed by atoms with Gasteiger partial charge in [0.15, 0.2) is 5.78 Å². The van der Waals surface area contributed by atoms with Gasteiger partial charge in [-0.05, 0) is 49.9 Å². The Labute approximate surface area is 171 Å². The normalized spacial score (nSPS) is 28.6. The summed E-state index contributed by atoms with van der Waals surface area (Å²) in [6.45, 7) is 0.330. The van der Waals surface area contributed by atoms with Gasteiger partial charge in [-0.15, -0.1) is 0 Å². The van der Waals surface area contributed by atoms with Crippen LogP contribution in [0.3, 0.4) is 0 Å². The lowest BCUT2D eigenvalue weighted by molar-refractivity contribution is -0.155. The number of Topliss-reactive ketones (excluding diaryl/α,β-unsaturated/α-hetero) is 2. The number of rotatable bonds is 9. The number of hydrogen-bond acceptors (Lipinski definition) is 6. The first kappa shape index (κ1) is 21.0. The molecule has 1 amide bonds. The minimum atomic E-state index is -4.73. The number of aromatic nitrogens is 1. The molecule has 2 atom stereocenters. The van der Waals surface area contributed by atoms with Crippen molar-refractivity contribution in [2.45, 2.75) is 57.5 Å². The Kier molecular flexibility index (Phi) is 5.46. The number of nitrogens with one attached hydrogen (secondary N) is 2. The molecule has 0 aliphatic heterocycles. The monoisotopic (exact) mass is 427 g/mol. The van der Waals surface area contributed by atoms with E-state index in [1.807, 2.05) is 0 Å². The first-order chi connectivity index (χ1) is 14.2. The summed E-state index contributed by atoms with van der Waals surface area (Å²) < 4.78 is 42.3. The third-order valence-electron chi connectivity index (χ3n) is 6.71. The largest absolute Gasteiger partial charge is 0.452 e. The Hall–Kier alpha value is -2.23. The second kappa shape index (κ2) is 7.79. The zero-order valence-electron chi connectivity index (χ0n) is 16.4. The number of nitrogens with zero attached hydrogens (tertiary/aromatic N) is 1. The summed E-state index contributed by atoms with van der Waals surface area (Å²) in [5.74, 6) is -2.33. The zero-order chi connectivity index (χ0) is 21.5. The van der Waals surface area contributed by atoms with Crippen LogP contribution in [0.4, 0.5) is 13.2 Å². The Morgan fingerprint density at radius 3 is 2.57 bits per heavy atom. The van der Waals surface area contributed by atoms with Gasteiger partial charge >= 0.3 is 6.18 Å². The molecule has 1 aromatic rings. The van der Waals surface area contributed by atoms with Crippen LogP contribution in [0.5, 0.6) is 0 Å². The van der Waals surface area contributed by atoms with Crippen LogP contribution in [0.1, 0.15) is 67.6 Å². The van der Waals surface area contributed by atoms with Crippen molar-refractivity contribution in [1.82, 2.24) is 16.0 Å². The first-order valence-corrected chi connectivity index (χ1v) is 10.3. The molecule has 0 saturated heterocycles. The fraction of sp³-hybridized carbons (Fsp3) is 0.700. The summed E-state index contributed by atoms with van der Waals surface area (Å²) in [5.41, 5.74) is 5.02. The number of amides is 1. The maximum Gasteiger partial charge on any atom is 0.452 e. The SMILES string of the molecule is O=C(C[C@@H](CC12CC(C1)C2)C(=O)NNC[C@@H]1CCCC1=O)c1cc(C(F)(F)F)on1. The fourth-order valence-corrected chi connectivity index (χ4v) is 5.02. The quantitative estimate of drug-likeness (QED) is 0.464. The Bertz CT molecular complexity index is 834. The molecule has 4 aliphatic carbocycles. The molecule has 164 valence electrons. The van der Waals surface area contributed by atoms with E-state index in [1.165, 1.54) is 0 Å². The van der Waals surface area contributed by atoms with Crippen molar-refractivity contribution in [2.24, 2.45) is 23.2 Å². The maximum atomic E-state index is 12.7. The number of hydrogen-bond donors (Lipinski definition) is 2. The van der Waals surface area contributed by atoms with Crippen LogP contribution in [0.15, 0.2) is 10.6 Å². The molecule has 30 heavy (non-hydrogen) atoms. The summed E-state index contributed by atoms with van der Waals surface area (Å²) in [6, 6.07) is 0.572. The average molecular weight is 427 g/mol. The van der Waals surface area contributed by atoms with Crippen molar-refractivity contribution >= 4 is 17.5 Å². The number of carbonyl (C=O) groups excluding carboxylic acids is 3. The van der Waals surface area contributed by atoms with Gasteiger partial charge in [0.05, 0.1) is 0 Å². The third-order valence-corrected chi connectivity index (χ3v) is 6.71. The van der Waals surface area contributed by atoms with Crippen LogP contribution in [0, 0.1) is 23.2 Å². The van der Waals surface area contributed by atoms with Crippen LogP contribution < -0.4 is 10.9 Å². The highest BCUT2D eigenvalue weighted by molar-refractivity contribution is 5.97. The van der Waals surface area contributed by atoms with Gasteiger partial charge < -0.3 is 4.52 Å². The lowest BCUT2D eigenvalue weighted by atomic mass is 9.42. The summed E-state index contributed by atoms with van der Waals surface area (Å²) in [6.07, 6.45) is 0.792. The molecular formula is C20H24F3N3O4. The van der Waals surface area contributed by atoms with Crippen molar-refractivity contribution in [1.29, 1.82) is 0 Å². The molecule has 2 bridgehead atoms. The standard InChI is InChI=1S/C20H24F3N3O4/c21-20(22,23)17-5-14(26-30-17)16(28)4-13(9-19-6-11(7-19)8-19)18(29)25-24-10-12-2-1-3-15(12)27/h5,11-13,24H,1-4,6-10H2,(H,25,29)/t11?,12-,13-,19?/m0/s1. The molecule has 0 aromatic carbocycles. The molecule has 4 aliphatic rings. The molecule has 4 fully saturated rings. The number of alkyl halides is 3. The second-order valence-electron chi connectivity index (χ2n) is 9.01. The molecule has 0 unspecified atom stereocenters. The third kappa shape index (κ3) is 4.28. The van der Waals surface area contributed by atoms with Gasteiger partial charge in [-0.2, -0.15) is 13.2 Å². The van der Waals surface area contributed by atoms with Crippen molar-refractivity contribution in [3.8, 4) is 0 Å². The Balaban J connectivity index is 1.36. The van der Waals surface area contributed by atoms with Gasteiger partial charge in [0, 0.05) is 37.3 Å². The van der Waals surface area contributed by atoms with Gasteiger partial charge in [-0.25, -0.2) is 5.43 Å². The molecule has 10 heteroatoms. The smallest absolute Gasteiger partial charge is 0.351 e. The molecule has 5 rings (SSSR count). The van der Waals surface area contributed by atoms with Crippen LogP contribution in [-0.4, -0.2) is 29.2 Å². The van der Waals surface area contributed by atoms with Crippen molar-refractivity contribution < 1.29 is 32.1 Å². The summed E-state index contributed by atoms with van der Waals surface area (Å²) in [5, 5.41) is 3.23. The predicted octanol–water partition coefficient (Wildman–Crippen LogP) is 3.06. The van der Waals surface area contributed by atoms with E-state index in [-0.39, 0.29) is 23.5 Å². The van der Waals surface area contributed by atoms with E-state index >= 15 is 0 Å². The highest BCUT2D eigenvalue weighted by Crippen LogP contribution is 2.67. The number of carbonyl (C=O) groups is 3. The topological polar surface area (TPSA) is 101 Å². The second-order valence-corrected chi connectivity index (χ2v) is 9.01. The van der Waals surface area contributed by atoms with Gasteiger partial charge in [-0.3, -0.25) is 19.8 Å². The van der Waals surface area contributed by atoms with E-state index in [1.54, 1.807) is 0 Å². The fourth-order valence-electron chi connectivity index (χ4n) is 5.02. The van der Waals surface area contributed by atoms with Crippen LogP contribution in [-0.2, 0) is 15.8 Å². The number of halogens is 3. The van der Waals surface area contributed by atoms with Crippen molar-refractivity contribution in [3.63, 3.8) is 0 Å². The highest BCUT2D eigenvalue weighted by Gasteiger charge is 2.57. The zero-order valence-corrected chi connectivity index (χ0v) is 16.4. The molecule has 4 saturated carbocycles.